The molecule has 0 saturated carbocycles. The molecule has 1 aliphatic heterocycles. The molecule has 0 spiro atoms. The number of aromatic nitrogens is 1. The second-order valence-electron chi connectivity index (χ2n) is 7.54. The minimum atomic E-state index is -4.51. The number of benzene rings is 2. The smallest absolute Gasteiger partial charge is 0.324 e. The van der Waals surface area contributed by atoms with Crippen molar-refractivity contribution in [3.63, 3.8) is 0 Å². The van der Waals surface area contributed by atoms with Crippen LogP contribution in [-0.4, -0.2) is 34.9 Å². The number of anilines is 1. The third-order valence-electron chi connectivity index (χ3n) is 5.61. The van der Waals surface area contributed by atoms with Crippen LogP contribution in [0.15, 0.2) is 48.5 Å². The molecule has 1 unspecified atom stereocenters. The van der Waals surface area contributed by atoms with Crippen LogP contribution in [0.3, 0.4) is 0 Å². The molecule has 158 valence electrons. The number of fused-ring (bicyclic) bond motifs is 1. The van der Waals surface area contributed by atoms with Gasteiger partial charge in [0.25, 0.3) is 0 Å². The molecule has 8 heteroatoms. The molecule has 0 bridgehead atoms. The van der Waals surface area contributed by atoms with Crippen LogP contribution >= 0.6 is 11.3 Å². The van der Waals surface area contributed by atoms with Crippen molar-refractivity contribution in [2.45, 2.75) is 37.9 Å². The molecule has 2 aromatic carbocycles. The maximum Gasteiger partial charge on any atom is 0.418 e. The Morgan fingerprint density at radius 3 is 2.50 bits per heavy atom. The number of likely N-dealkylation sites (tertiary alicyclic amines) is 1. The molecule has 0 aliphatic carbocycles. The van der Waals surface area contributed by atoms with Gasteiger partial charge in [-0.15, -0.1) is 11.3 Å². The fourth-order valence-electron chi connectivity index (χ4n) is 3.84. The van der Waals surface area contributed by atoms with Gasteiger partial charge < -0.3 is 5.32 Å². The summed E-state index contributed by atoms with van der Waals surface area (Å²) < 4.78 is 40.7. The minimum Gasteiger partial charge on any atom is -0.324 e. The van der Waals surface area contributed by atoms with Crippen LogP contribution in [0.4, 0.5) is 18.9 Å². The third-order valence-corrected chi connectivity index (χ3v) is 6.81. The van der Waals surface area contributed by atoms with E-state index >= 15 is 0 Å². The van der Waals surface area contributed by atoms with Crippen molar-refractivity contribution >= 4 is 33.1 Å². The SMILES string of the molecule is CC(C(=O)Nc1ccccc1C(F)(F)F)N1CCC(c2nc3ccccc3s2)CC1. The number of nitrogens with zero attached hydrogens (tertiary/aromatic N) is 2. The van der Waals surface area contributed by atoms with E-state index in [0.29, 0.717) is 19.0 Å². The van der Waals surface area contributed by atoms with Crippen LogP contribution in [0.5, 0.6) is 0 Å². The van der Waals surface area contributed by atoms with Crippen LogP contribution in [0.2, 0.25) is 0 Å². The number of hydrogen-bond acceptors (Lipinski definition) is 4. The van der Waals surface area contributed by atoms with E-state index in [0.717, 1.165) is 29.4 Å². The molecule has 30 heavy (non-hydrogen) atoms. The molecule has 2 heterocycles. The topological polar surface area (TPSA) is 45.2 Å². The maximum absolute atomic E-state index is 13.2. The molecule has 0 radical (unpaired) electrons. The molecule has 1 saturated heterocycles. The highest BCUT2D eigenvalue weighted by atomic mass is 32.1. The molecule has 1 aliphatic rings. The van der Waals surface area contributed by atoms with Crippen LogP contribution in [0, 0.1) is 0 Å². The van der Waals surface area contributed by atoms with Crippen molar-refractivity contribution in [1.29, 1.82) is 0 Å². The summed E-state index contributed by atoms with van der Waals surface area (Å²) >= 11 is 1.71. The summed E-state index contributed by atoms with van der Waals surface area (Å²) in [5.41, 5.74) is -0.0256. The second kappa shape index (κ2) is 8.35. The summed E-state index contributed by atoms with van der Waals surface area (Å²) in [6, 6.07) is 12.6. The van der Waals surface area contributed by atoms with Crippen molar-refractivity contribution in [3.8, 4) is 0 Å². The van der Waals surface area contributed by atoms with Crippen LogP contribution in [-0.2, 0) is 11.0 Å². The van der Waals surface area contributed by atoms with Gasteiger partial charge in [0.2, 0.25) is 5.91 Å². The lowest BCUT2D eigenvalue weighted by Crippen LogP contribution is -2.45. The lowest BCUT2D eigenvalue weighted by atomic mass is 9.96. The van der Waals surface area contributed by atoms with E-state index in [1.54, 1.807) is 18.3 Å². The van der Waals surface area contributed by atoms with Gasteiger partial charge in [0.15, 0.2) is 0 Å². The van der Waals surface area contributed by atoms with Crippen molar-refractivity contribution in [1.82, 2.24) is 9.88 Å². The maximum atomic E-state index is 13.2. The van der Waals surface area contributed by atoms with Gasteiger partial charge in [-0.2, -0.15) is 13.2 Å². The Kier molecular flexibility index (Phi) is 5.79. The van der Waals surface area contributed by atoms with Gasteiger partial charge in [-0.05, 0) is 57.1 Å². The molecule has 1 amide bonds. The van der Waals surface area contributed by atoms with E-state index in [4.69, 9.17) is 4.98 Å². The number of piperidine rings is 1. The summed E-state index contributed by atoms with van der Waals surface area (Å²) in [5.74, 6) is -0.0787. The fourth-order valence-corrected chi connectivity index (χ4v) is 4.98. The van der Waals surface area contributed by atoms with E-state index in [-0.39, 0.29) is 5.69 Å². The van der Waals surface area contributed by atoms with Gasteiger partial charge in [0.05, 0.1) is 32.5 Å². The third kappa shape index (κ3) is 4.34. The molecular weight excluding hydrogens is 411 g/mol. The molecular formula is C22H22F3N3OS. The lowest BCUT2D eigenvalue weighted by molar-refractivity contribution is -0.137. The van der Waals surface area contributed by atoms with Crippen LogP contribution in [0.1, 0.15) is 36.3 Å². The zero-order valence-electron chi connectivity index (χ0n) is 16.4. The van der Waals surface area contributed by atoms with Gasteiger partial charge in [-0.1, -0.05) is 24.3 Å². The predicted octanol–water partition coefficient (Wildman–Crippen LogP) is 5.52. The number of carbonyl (C=O) groups excluding carboxylic acids is 1. The summed E-state index contributed by atoms with van der Waals surface area (Å²) in [6.45, 7) is 3.15. The highest BCUT2D eigenvalue weighted by molar-refractivity contribution is 7.18. The highest BCUT2D eigenvalue weighted by Gasteiger charge is 2.34. The standard InChI is InChI=1S/C22H22F3N3OS/c1-14(20(29)26-17-7-3-2-6-16(17)22(23,24)25)28-12-10-15(11-13-28)21-27-18-8-4-5-9-19(18)30-21/h2-9,14-15H,10-13H2,1H3,(H,26,29). The van der Waals surface area contributed by atoms with Gasteiger partial charge in [-0.25, -0.2) is 4.98 Å². The van der Waals surface area contributed by atoms with E-state index in [1.165, 1.54) is 22.9 Å². The number of carbonyl (C=O) groups is 1. The number of nitrogens with one attached hydrogen (secondary N) is 1. The van der Waals surface area contributed by atoms with Gasteiger partial charge in [0, 0.05) is 5.92 Å². The summed E-state index contributed by atoms with van der Waals surface area (Å²) in [5, 5.41) is 3.58. The summed E-state index contributed by atoms with van der Waals surface area (Å²) in [7, 11) is 0. The van der Waals surface area contributed by atoms with Crippen LogP contribution in [0.25, 0.3) is 10.2 Å². The molecule has 1 atom stereocenters. The molecule has 3 aromatic rings. The molecule has 1 N–H and O–H groups in total. The number of halogens is 3. The monoisotopic (exact) mass is 433 g/mol. The average Bonchev–Trinajstić information content (AvgIpc) is 3.17. The average molecular weight is 433 g/mol. The Labute approximate surface area is 176 Å². The van der Waals surface area contributed by atoms with E-state index in [1.807, 2.05) is 23.1 Å². The van der Waals surface area contributed by atoms with Crippen molar-refractivity contribution in [2.24, 2.45) is 0 Å². The first-order valence-electron chi connectivity index (χ1n) is 9.89. The quantitative estimate of drug-likeness (QED) is 0.589. The number of para-hydroxylation sites is 2. The van der Waals surface area contributed by atoms with Crippen molar-refractivity contribution < 1.29 is 18.0 Å². The molecule has 4 rings (SSSR count). The Hall–Kier alpha value is -2.45. The van der Waals surface area contributed by atoms with Gasteiger partial charge >= 0.3 is 6.18 Å². The Morgan fingerprint density at radius 2 is 1.80 bits per heavy atom. The zero-order valence-corrected chi connectivity index (χ0v) is 17.3. The Balaban J connectivity index is 1.38. The van der Waals surface area contributed by atoms with E-state index in [2.05, 4.69) is 11.4 Å². The summed E-state index contributed by atoms with van der Waals surface area (Å²) in [6.07, 6.45) is -2.77. The zero-order chi connectivity index (χ0) is 21.3. The predicted molar refractivity (Wildman–Crippen MR) is 113 cm³/mol. The van der Waals surface area contributed by atoms with E-state index < -0.39 is 23.7 Å². The first kappa shape index (κ1) is 20.8. The lowest BCUT2D eigenvalue weighted by Gasteiger charge is -2.34. The molecule has 1 aromatic heterocycles. The largest absolute Gasteiger partial charge is 0.418 e. The van der Waals surface area contributed by atoms with E-state index in [9.17, 15) is 18.0 Å². The van der Waals surface area contributed by atoms with Gasteiger partial charge in [-0.3, -0.25) is 9.69 Å². The number of alkyl halides is 3. The normalized spacial score (nSPS) is 17.2. The van der Waals surface area contributed by atoms with Crippen molar-refractivity contribution in [2.75, 3.05) is 18.4 Å². The Morgan fingerprint density at radius 1 is 1.13 bits per heavy atom. The number of thiazole rings is 1. The first-order valence-corrected chi connectivity index (χ1v) is 10.7. The number of rotatable bonds is 4. The summed E-state index contributed by atoms with van der Waals surface area (Å²) in [4.78, 5) is 19.4. The fraction of sp³-hybridized carbons (Fsp3) is 0.364. The highest BCUT2D eigenvalue weighted by Crippen LogP contribution is 2.36. The Bertz CT molecular complexity index is 1010. The van der Waals surface area contributed by atoms with Crippen molar-refractivity contribution in [3.05, 3.63) is 59.1 Å². The first-order chi connectivity index (χ1) is 14.3. The molecule has 1 fully saturated rings. The number of hydrogen-bond donors (Lipinski definition) is 1. The minimum absolute atomic E-state index is 0.203. The second-order valence-corrected chi connectivity index (χ2v) is 8.60. The van der Waals surface area contributed by atoms with Gasteiger partial charge in [0.1, 0.15) is 0 Å². The van der Waals surface area contributed by atoms with Crippen LogP contribution < -0.4 is 5.32 Å². The molecule has 4 nitrogen and oxygen atoms in total. The number of amides is 1.